The van der Waals surface area contributed by atoms with Crippen LogP contribution < -0.4 is 0 Å². The summed E-state index contributed by atoms with van der Waals surface area (Å²) >= 11 is 0. The van der Waals surface area contributed by atoms with E-state index in [4.69, 9.17) is 9.05 Å². The topological polar surface area (TPSA) is 123 Å². The van der Waals surface area contributed by atoms with Gasteiger partial charge in [-0.1, -0.05) is 90.4 Å². The van der Waals surface area contributed by atoms with Crippen molar-refractivity contribution in [2.75, 3.05) is 45.9 Å². The molecule has 4 N–H and O–H groups in total. The van der Waals surface area contributed by atoms with E-state index in [1.165, 1.54) is 70.6 Å². The molecule has 0 aliphatic heterocycles. The lowest BCUT2D eigenvalue weighted by Crippen LogP contribution is -2.44. The van der Waals surface area contributed by atoms with E-state index >= 15 is 0 Å². The number of aliphatic hydroxyl groups excluding tert-OH is 3. The first-order valence-corrected chi connectivity index (χ1v) is 17.6. The van der Waals surface area contributed by atoms with Gasteiger partial charge in [-0.3, -0.25) is 18.8 Å². The molecule has 0 aliphatic rings. The highest BCUT2D eigenvalue weighted by atomic mass is 31.2. The number of aliphatic hydroxyl groups is 3. The molecule has 5 atom stereocenters. The lowest BCUT2D eigenvalue weighted by atomic mass is 10.0. The van der Waals surface area contributed by atoms with Gasteiger partial charge in [0.15, 0.2) is 0 Å². The fraction of sp³-hybridized carbons (Fsp3) is 1.00. The summed E-state index contributed by atoms with van der Waals surface area (Å²) in [4.78, 5) is 14.1. The highest BCUT2D eigenvalue weighted by Gasteiger charge is 2.26. The van der Waals surface area contributed by atoms with Crippen LogP contribution in [0.25, 0.3) is 0 Å². The molecule has 5 unspecified atom stereocenters. The van der Waals surface area contributed by atoms with Crippen molar-refractivity contribution in [1.29, 1.82) is 0 Å². The van der Waals surface area contributed by atoms with Crippen LogP contribution in [-0.4, -0.2) is 100 Å². The smallest absolute Gasteiger partial charge is 0.392 e. The van der Waals surface area contributed by atoms with Gasteiger partial charge in [-0.2, -0.15) is 0 Å². The van der Waals surface area contributed by atoms with Gasteiger partial charge in [-0.25, -0.2) is 4.57 Å². The summed E-state index contributed by atoms with van der Waals surface area (Å²) in [5.74, 6) is 0. The average Bonchev–Trinajstić information content (AvgIpc) is 2.83. The van der Waals surface area contributed by atoms with Gasteiger partial charge in [0.2, 0.25) is 0 Å². The molecule has 242 valence electrons. The van der Waals surface area contributed by atoms with E-state index in [0.717, 1.165) is 19.3 Å². The highest BCUT2D eigenvalue weighted by molar-refractivity contribution is 7.47. The van der Waals surface area contributed by atoms with E-state index in [1.54, 1.807) is 27.7 Å². The number of phosphoric ester groups is 1. The standard InChI is InChI=1S/C30H65N2O7P/c1-6-7-8-9-10-11-12-13-14-15-16-17-18-19-22-38-40(36,37)39-30(5)26-32(25-29(4)35)21-20-31(23-27(2)33)24-28(3)34/h27-30,33-35H,6-26H2,1-5H3,(H,36,37). The van der Waals surface area contributed by atoms with Crippen LogP contribution in [0, 0.1) is 0 Å². The Labute approximate surface area is 246 Å². The third-order valence-electron chi connectivity index (χ3n) is 6.88. The van der Waals surface area contributed by atoms with Crippen molar-refractivity contribution >= 4 is 7.82 Å². The molecule has 0 radical (unpaired) electrons. The Hall–Kier alpha value is -0.0900. The SMILES string of the molecule is CCCCCCCCCCCCCCCCOP(=O)(O)OC(C)CN(CCN(CC(C)O)CC(C)O)CC(C)O. The molecule has 9 nitrogen and oxygen atoms in total. The molecule has 0 bridgehead atoms. The van der Waals surface area contributed by atoms with Gasteiger partial charge >= 0.3 is 7.82 Å². The molecule has 0 saturated heterocycles. The van der Waals surface area contributed by atoms with Gasteiger partial charge < -0.3 is 20.2 Å². The van der Waals surface area contributed by atoms with Crippen molar-refractivity contribution in [1.82, 2.24) is 9.80 Å². The maximum absolute atomic E-state index is 12.4. The molecular formula is C30H65N2O7P. The molecule has 0 aliphatic carbocycles. The van der Waals surface area contributed by atoms with Crippen molar-refractivity contribution in [2.24, 2.45) is 0 Å². The molecule has 0 aromatic rings. The van der Waals surface area contributed by atoms with Crippen LogP contribution in [0.4, 0.5) is 0 Å². The summed E-state index contributed by atoms with van der Waals surface area (Å²) in [6.45, 7) is 12.0. The van der Waals surface area contributed by atoms with Crippen LogP contribution in [0.15, 0.2) is 0 Å². The van der Waals surface area contributed by atoms with E-state index in [0.29, 0.717) is 39.3 Å². The fourth-order valence-corrected chi connectivity index (χ4v) is 5.99. The Morgan fingerprint density at radius 3 is 1.32 bits per heavy atom. The first kappa shape index (κ1) is 39.9. The van der Waals surface area contributed by atoms with Crippen molar-refractivity contribution < 1.29 is 33.8 Å². The molecule has 40 heavy (non-hydrogen) atoms. The molecular weight excluding hydrogens is 531 g/mol. The zero-order valence-electron chi connectivity index (χ0n) is 26.5. The normalized spacial score (nSPS) is 16.8. The third kappa shape index (κ3) is 26.8. The second kappa shape index (κ2) is 25.4. The van der Waals surface area contributed by atoms with E-state index in [1.807, 2.05) is 9.80 Å². The van der Waals surface area contributed by atoms with Crippen LogP contribution in [0.2, 0.25) is 0 Å². The maximum atomic E-state index is 12.4. The van der Waals surface area contributed by atoms with Gasteiger partial charge in [-0.15, -0.1) is 0 Å². The van der Waals surface area contributed by atoms with Gasteiger partial charge in [0.25, 0.3) is 0 Å². The molecule has 10 heteroatoms. The van der Waals surface area contributed by atoms with Crippen LogP contribution >= 0.6 is 7.82 Å². The second-order valence-electron chi connectivity index (χ2n) is 11.9. The average molecular weight is 597 g/mol. The molecule has 0 spiro atoms. The monoisotopic (exact) mass is 596 g/mol. The fourth-order valence-electron chi connectivity index (χ4n) is 5.05. The summed E-state index contributed by atoms with van der Waals surface area (Å²) in [6, 6.07) is 0. The van der Waals surface area contributed by atoms with Gasteiger partial charge in [-0.05, 0) is 34.1 Å². The zero-order chi connectivity index (χ0) is 30.2. The lowest BCUT2D eigenvalue weighted by Gasteiger charge is -2.31. The summed E-state index contributed by atoms with van der Waals surface area (Å²) in [7, 11) is -4.17. The summed E-state index contributed by atoms with van der Waals surface area (Å²) < 4.78 is 23.0. The molecule has 0 rings (SSSR count). The number of unbranched alkanes of at least 4 members (excludes halogenated alkanes) is 13. The van der Waals surface area contributed by atoms with Crippen molar-refractivity contribution in [2.45, 2.75) is 149 Å². The second-order valence-corrected chi connectivity index (χ2v) is 13.3. The van der Waals surface area contributed by atoms with Crippen LogP contribution in [0.1, 0.15) is 125 Å². The molecule has 0 aromatic carbocycles. The zero-order valence-corrected chi connectivity index (χ0v) is 27.4. The molecule has 0 heterocycles. The maximum Gasteiger partial charge on any atom is 0.472 e. The van der Waals surface area contributed by atoms with E-state index in [2.05, 4.69) is 6.92 Å². The van der Waals surface area contributed by atoms with Crippen LogP contribution in [0.5, 0.6) is 0 Å². The lowest BCUT2D eigenvalue weighted by molar-refractivity contribution is 0.0480. The minimum absolute atomic E-state index is 0.198. The predicted octanol–water partition coefficient (Wildman–Crippen LogP) is 5.74. The van der Waals surface area contributed by atoms with Crippen molar-refractivity contribution in [3.63, 3.8) is 0 Å². The van der Waals surface area contributed by atoms with Crippen LogP contribution in [-0.2, 0) is 13.6 Å². The van der Waals surface area contributed by atoms with E-state index in [9.17, 15) is 24.8 Å². The molecule has 0 aromatic heterocycles. The van der Waals surface area contributed by atoms with E-state index < -0.39 is 32.2 Å². The Bertz CT molecular complexity index is 601. The Balaban J connectivity index is 4.14. The number of rotatable bonds is 29. The van der Waals surface area contributed by atoms with Crippen LogP contribution in [0.3, 0.4) is 0 Å². The summed E-state index contributed by atoms with van der Waals surface area (Å²) in [6.07, 6.45) is 15.3. The van der Waals surface area contributed by atoms with Gasteiger partial charge in [0.1, 0.15) is 0 Å². The number of phosphoric acid groups is 1. The van der Waals surface area contributed by atoms with Gasteiger partial charge in [0, 0.05) is 39.3 Å². The highest BCUT2D eigenvalue weighted by Crippen LogP contribution is 2.44. The van der Waals surface area contributed by atoms with Crippen molar-refractivity contribution in [3.8, 4) is 0 Å². The Morgan fingerprint density at radius 1 is 0.600 bits per heavy atom. The quantitative estimate of drug-likeness (QED) is 0.0633. The number of hydrogen-bond acceptors (Lipinski definition) is 8. The largest absolute Gasteiger partial charge is 0.472 e. The third-order valence-corrected chi connectivity index (χ3v) is 8.02. The first-order valence-electron chi connectivity index (χ1n) is 16.1. The molecule has 0 amide bonds. The Morgan fingerprint density at radius 2 is 0.950 bits per heavy atom. The molecule has 0 saturated carbocycles. The minimum atomic E-state index is -4.17. The minimum Gasteiger partial charge on any atom is -0.392 e. The Kier molecular flexibility index (Phi) is 25.4. The number of nitrogens with zero attached hydrogens (tertiary/aromatic N) is 2. The number of hydrogen-bond donors (Lipinski definition) is 4. The summed E-state index contributed by atoms with van der Waals surface area (Å²) in [5.41, 5.74) is 0. The summed E-state index contributed by atoms with van der Waals surface area (Å²) in [5, 5.41) is 29.4. The van der Waals surface area contributed by atoms with Crippen molar-refractivity contribution in [3.05, 3.63) is 0 Å². The van der Waals surface area contributed by atoms with Gasteiger partial charge in [0.05, 0.1) is 31.0 Å². The predicted molar refractivity (Wildman–Crippen MR) is 165 cm³/mol. The van der Waals surface area contributed by atoms with E-state index in [-0.39, 0.29) is 6.61 Å². The first-order chi connectivity index (χ1) is 18.9. The molecule has 0 fully saturated rings.